The van der Waals surface area contributed by atoms with Gasteiger partial charge in [0.25, 0.3) is 0 Å². The van der Waals surface area contributed by atoms with Gasteiger partial charge in [0.2, 0.25) is 0 Å². The first kappa shape index (κ1) is 17.3. The number of nitrogens with zero attached hydrogens (tertiary/aromatic N) is 1. The first-order valence-corrected chi connectivity index (χ1v) is 7.58. The molecule has 0 aromatic heterocycles. The third kappa shape index (κ3) is 5.57. The lowest BCUT2D eigenvalue weighted by molar-refractivity contribution is 0.0109. The Labute approximate surface area is 133 Å². The molecule has 0 saturated heterocycles. The third-order valence-corrected chi connectivity index (χ3v) is 3.92. The molecule has 1 aromatic carbocycles. The van der Waals surface area contributed by atoms with Crippen molar-refractivity contribution in [2.45, 2.75) is 38.4 Å². The Balaban J connectivity index is 1.74. The van der Waals surface area contributed by atoms with Gasteiger partial charge in [-0.05, 0) is 55.4 Å². The highest BCUT2D eigenvalue weighted by molar-refractivity contribution is 5.19. The summed E-state index contributed by atoms with van der Waals surface area (Å²) in [4.78, 5) is 0. The van der Waals surface area contributed by atoms with Gasteiger partial charge in [-0.25, -0.2) is 8.78 Å². The second-order valence-electron chi connectivity index (χ2n) is 5.61. The van der Waals surface area contributed by atoms with Crippen LogP contribution in [0, 0.1) is 28.9 Å². The zero-order valence-corrected chi connectivity index (χ0v) is 12.6. The topological polar surface area (TPSA) is 33.0 Å². The average molecular weight is 321 g/mol. The average Bonchev–Trinajstić information content (AvgIpc) is 2.57. The maximum absolute atomic E-state index is 13.1. The Morgan fingerprint density at radius 1 is 1.22 bits per heavy atom. The number of allylic oxidation sites excluding steroid dienone is 4. The van der Waals surface area contributed by atoms with E-state index in [0.717, 1.165) is 43.9 Å². The van der Waals surface area contributed by atoms with Crippen LogP contribution in [0.15, 0.2) is 42.3 Å². The van der Waals surface area contributed by atoms with E-state index >= 15 is 0 Å². The van der Waals surface area contributed by atoms with Gasteiger partial charge in [0.05, 0.1) is 12.7 Å². The number of benzene rings is 1. The van der Waals surface area contributed by atoms with Crippen molar-refractivity contribution in [1.29, 1.82) is 5.26 Å². The van der Waals surface area contributed by atoms with Crippen LogP contribution in [0.4, 0.5) is 13.2 Å². The van der Waals surface area contributed by atoms with Crippen molar-refractivity contribution in [3.8, 4) is 6.07 Å². The smallest absolute Gasteiger partial charge is 0.199 e. The van der Waals surface area contributed by atoms with Crippen molar-refractivity contribution < 1.29 is 17.9 Å². The second kappa shape index (κ2) is 8.54. The van der Waals surface area contributed by atoms with Crippen LogP contribution in [0.3, 0.4) is 0 Å². The Kier molecular flexibility index (Phi) is 6.42. The number of hydrogen-bond donors (Lipinski definition) is 0. The Morgan fingerprint density at radius 3 is 2.61 bits per heavy atom. The van der Waals surface area contributed by atoms with Crippen molar-refractivity contribution in [1.82, 2.24) is 0 Å². The molecule has 0 spiro atoms. The molecule has 0 heterocycles. The molecule has 0 bridgehead atoms. The molecule has 1 fully saturated rings. The first-order valence-electron chi connectivity index (χ1n) is 7.58. The summed E-state index contributed by atoms with van der Waals surface area (Å²) < 4.78 is 44.3. The van der Waals surface area contributed by atoms with E-state index in [1.54, 1.807) is 6.08 Å². The van der Waals surface area contributed by atoms with E-state index in [2.05, 4.69) is 0 Å². The summed E-state index contributed by atoms with van der Waals surface area (Å²) in [5.74, 6) is -2.17. The summed E-state index contributed by atoms with van der Waals surface area (Å²) in [6.45, 7) is 0.262. The van der Waals surface area contributed by atoms with Crippen LogP contribution in [0.1, 0.15) is 31.2 Å². The van der Waals surface area contributed by atoms with Crippen LogP contribution in [0.5, 0.6) is 0 Å². The normalized spacial score (nSPS) is 22.3. The molecule has 1 aromatic rings. The van der Waals surface area contributed by atoms with E-state index in [9.17, 15) is 13.2 Å². The molecule has 0 aliphatic heterocycles. The van der Waals surface area contributed by atoms with E-state index in [0.29, 0.717) is 11.5 Å². The minimum Gasteiger partial charge on any atom is -0.374 e. The van der Waals surface area contributed by atoms with Gasteiger partial charge in [0, 0.05) is 0 Å². The molecule has 2 rings (SSSR count). The van der Waals surface area contributed by atoms with Gasteiger partial charge in [-0.3, -0.25) is 0 Å². The number of rotatable bonds is 5. The maximum Gasteiger partial charge on any atom is 0.199 e. The zero-order valence-electron chi connectivity index (χ0n) is 12.6. The number of ether oxygens (including phenoxy) is 1. The fourth-order valence-electron chi connectivity index (χ4n) is 2.63. The monoisotopic (exact) mass is 321 g/mol. The van der Waals surface area contributed by atoms with E-state index < -0.39 is 17.5 Å². The van der Waals surface area contributed by atoms with E-state index in [-0.39, 0.29) is 12.7 Å². The molecular formula is C18H18F3NO. The van der Waals surface area contributed by atoms with Gasteiger partial charge in [0.15, 0.2) is 17.5 Å². The van der Waals surface area contributed by atoms with Gasteiger partial charge >= 0.3 is 0 Å². The number of halogens is 3. The summed E-state index contributed by atoms with van der Waals surface area (Å²) in [6.07, 6.45) is 8.30. The van der Waals surface area contributed by atoms with Crippen molar-refractivity contribution in [2.24, 2.45) is 5.92 Å². The predicted molar refractivity (Wildman–Crippen MR) is 80.8 cm³/mol. The predicted octanol–water partition coefficient (Wildman–Crippen LogP) is 4.97. The van der Waals surface area contributed by atoms with Gasteiger partial charge in [-0.15, -0.1) is 0 Å². The SMILES string of the molecule is N#CC(F)=CC=C[C@H]1CC[C@H](OCc2ccc(F)c(F)c2)CC1. The highest BCUT2D eigenvalue weighted by Gasteiger charge is 2.20. The minimum atomic E-state index is -0.863. The molecule has 2 nitrogen and oxygen atoms in total. The van der Waals surface area contributed by atoms with Crippen molar-refractivity contribution >= 4 is 0 Å². The molecule has 0 atom stereocenters. The molecule has 0 N–H and O–H groups in total. The Morgan fingerprint density at radius 2 is 1.96 bits per heavy atom. The van der Waals surface area contributed by atoms with Crippen molar-refractivity contribution in [2.75, 3.05) is 0 Å². The molecule has 5 heteroatoms. The molecule has 0 radical (unpaired) electrons. The molecule has 0 amide bonds. The standard InChI is InChI=1S/C18H18F3NO/c19-15(11-22)3-1-2-13-4-7-16(8-5-13)23-12-14-6-9-17(20)18(21)10-14/h1-3,6,9-10,13,16H,4-5,7-8,12H2/t13-,16-. The largest absolute Gasteiger partial charge is 0.374 e. The summed E-state index contributed by atoms with van der Waals surface area (Å²) in [6, 6.07) is 5.19. The van der Waals surface area contributed by atoms with Crippen LogP contribution in [-0.4, -0.2) is 6.10 Å². The summed E-state index contributed by atoms with van der Waals surface area (Å²) in [7, 11) is 0. The summed E-state index contributed by atoms with van der Waals surface area (Å²) in [5.41, 5.74) is 0.614. The Bertz CT molecular complexity index is 626. The number of hydrogen-bond acceptors (Lipinski definition) is 2. The Hall–Kier alpha value is -2.06. The van der Waals surface area contributed by atoms with Gasteiger partial charge in [0.1, 0.15) is 6.07 Å². The minimum absolute atomic E-state index is 0.0964. The van der Waals surface area contributed by atoms with Crippen molar-refractivity contribution in [3.63, 3.8) is 0 Å². The summed E-state index contributed by atoms with van der Waals surface area (Å²) in [5, 5.41) is 8.30. The van der Waals surface area contributed by atoms with Crippen LogP contribution in [0.2, 0.25) is 0 Å². The van der Waals surface area contributed by atoms with E-state index in [1.165, 1.54) is 12.1 Å². The lowest BCUT2D eigenvalue weighted by atomic mass is 9.87. The fraction of sp³-hybridized carbons (Fsp3) is 0.389. The van der Waals surface area contributed by atoms with Gasteiger partial charge < -0.3 is 4.74 Å². The summed E-state index contributed by atoms with van der Waals surface area (Å²) >= 11 is 0. The van der Waals surface area contributed by atoms with Gasteiger partial charge in [-0.2, -0.15) is 9.65 Å². The third-order valence-electron chi connectivity index (χ3n) is 3.92. The quantitative estimate of drug-likeness (QED) is 0.566. The lowest BCUT2D eigenvalue weighted by Crippen LogP contribution is -2.20. The van der Waals surface area contributed by atoms with Crippen LogP contribution < -0.4 is 0 Å². The fourth-order valence-corrected chi connectivity index (χ4v) is 2.63. The molecule has 1 aliphatic rings. The number of nitriles is 1. The molecular weight excluding hydrogens is 303 g/mol. The molecule has 0 unspecified atom stereocenters. The van der Waals surface area contributed by atoms with E-state index in [1.807, 2.05) is 6.08 Å². The van der Waals surface area contributed by atoms with Crippen LogP contribution >= 0.6 is 0 Å². The van der Waals surface area contributed by atoms with Crippen LogP contribution in [0.25, 0.3) is 0 Å². The molecule has 23 heavy (non-hydrogen) atoms. The maximum atomic E-state index is 13.1. The molecule has 1 aliphatic carbocycles. The van der Waals surface area contributed by atoms with Crippen LogP contribution in [-0.2, 0) is 11.3 Å². The second-order valence-corrected chi connectivity index (χ2v) is 5.61. The first-order chi connectivity index (χ1) is 11.1. The lowest BCUT2D eigenvalue weighted by Gasteiger charge is -2.26. The molecule has 122 valence electrons. The van der Waals surface area contributed by atoms with Gasteiger partial charge in [-0.1, -0.05) is 18.2 Å². The highest BCUT2D eigenvalue weighted by Crippen LogP contribution is 2.28. The zero-order chi connectivity index (χ0) is 16.7. The highest BCUT2D eigenvalue weighted by atomic mass is 19.2. The van der Waals surface area contributed by atoms with E-state index in [4.69, 9.17) is 10.00 Å². The van der Waals surface area contributed by atoms with Crippen molar-refractivity contribution in [3.05, 3.63) is 59.5 Å². The molecule has 1 saturated carbocycles.